The predicted octanol–water partition coefficient (Wildman–Crippen LogP) is 37.7. The van der Waals surface area contributed by atoms with Gasteiger partial charge in [-0.05, 0) is 540 Å². The molecule has 0 aliphatic heterocycles. The number of fused-ring (bicyclic) bond motifs is 25. The average Bonchev–Trinajstić information content (AvgIpc) is 1.42. The molecule has 20 aliphatic carbocycles. The smallest absolute Gasteiger partial charge is 0.159 e. The lowest BCUT2D eigenvalue weighted by Gasteiger charge is -2.58. The highest BCUT2D eigenvalue weighted by Gasteiger charge is 2.68. The van der Waals surface area contributed by atoms with Crippen molar-refractivity contribution in [1.29, 1.82) is 0 Å². The van der Waals surface area contributed by atoms with Gasteiger partial charge in [0.15, 0.2) is 23.1 Å². The zero-order valence-corrected chi connectivity index (χ0v) is 102. The molecule has 15 saturated carbocycles. The third-order valence-corrected chi connectivity index (χ3v) is 53.2. The second kappa shape index (κ2) is 47.5. The Kier molecular flexibility index (Phi) is 37.6. The summed E-state index contributed by atoms with van der Waals surface area (Å²) in [6.07, 6.45) is 81.3. The molecule has 150 heavy (non-hydrogen) atoms. The first-order valence-electron chi connectivity index (χ1n) is 65.3. The fourth-order valence-electron chi connectivity index (χ4n) is 43.6. The minimum atomic E-state index is -0.251. The summed E-state index contributed by atoms with van der Waals surface area (Å²) in [5.74, 6) is 25.1. The minimum Gasteiger partial charge on any atom is -0.393 e. The van der Waals surface area contributed by atoms with E-state index < -0.39 is 0 Å². The van der Waals surface area contributed by atoms with Crippen molar-refractivity contribution in [2.75, 3.05) is 0 Å². The number of ketones is 4. The summed E-state index contributed by atoms with van der Waals surface area (Å²) in [7, 11) is 0. The maximum Gasteiger partial charge on any atom is 0.159 e. The first kappa shape index (κ1) is 119. The van der Waals surface area contributed by atoms with Crippen molar-refractivity contribution in [1.82, 2.24) is 0 Å². The molecular weight excluding hydrogens is 1830 g/mol. The van der Waals surface area contributed by atoms with Crippen molar-refractivity contribution < 1.29 is 34.5 Å². The van der Waals surface area contributed by atoms with Crippen LogP contribution in [0.15, 0.2) is 106 Å². The monoisotopic (exact) mass is 2060 g/mol. The van der Waals surface area contributed by atoms with Gasteiger partial charge in [-0.15, -0.1) is 0 Å². The Morgan fingerprint density at radius 3 is 1.09 bits per heavy atom. The van der Waals surface area contributed by atoms with E-state index in [1.165, 1.54) is 258 Å². The van der Waals surface area contributed by atoms with E-state index in [-0.39, 0.29) is 46.4 Å². The Morgan fingerprint density at radius 2 is 0.687 bits per heavy atom. The van der Waals surface area contributed by atoms with E-state index in [2.05, 4.69) is 249 Å². The molecule has 0 amide bonds. The van der Waals surface area contributed by atoms with Gasteiger partial charge in [-0.2, -0.15) is 0 Å². The van der Waals surface area contributed by atoms with E-state index in [1.807, 2.05) is 12.2 Å². The van der Waals surface area contributed by atoms with Gasteiger partial charge < -0.3 is 15.3 Å². The Balaban J connectivity index is 0.000000134. The van der Waals surface area contributed by atoms with Crippen LogP contribution in [0.4, 0.5) is 0 Å². The fourth-order valence-corrected chi connectivity index (χ4v) is 43.6. The number of allylic oxidation sites excluding steroid dienone is 12. The van der Waals surface area contributed by atoms with Gasteiger partial charge in [-0.3, -0.25) is 19.2 Å². The van der Waals surface area contributed by atoms with Crippen LogP contribution >= 0.6 is 0 Å². The molecule has 0 aromatic rings. The van der Waals surface area contributed by atoms with Gasteiger partial charge in [-0.25, -0.2) is 0 Å². The Hall–Kier alpha value is -3.78. The molecule has 0 radical (unpaired) electrons. The van der Waals surface area contributed by atoms with E-state index in [0.717, 1.165) is 201 Å². The van der Waals surface area contributed by atoms with Crippen molar-refractivity contribution in [3.05, 3.63) is 106 Å². The molecule has 0 bridgehead atoms. The highest BCUT2D eigenvalue weighted by molar-refractivity contribution is 5.96. The van der Waals surface area contributed by atoms with Crippen LogP contribution in [-0.2, 0) is 19.2 Å². The summed E-state index contributed by atoms with van der Waals surface area (Å²) >= 11 is 0. The third kappa shape index (κ3) is 22.5. The molecule has 0 aromatic heterocycles. The van der Waals surface area contributed by atoms with Gasteiger partial charge in [0.05, 0.1) is 18.3 Å². The minimum absolute atomic E-state index is 0.0928. The molecule has 0 aromatic carbocycles. The van der Waals surface area contributed by atoms with E-state index in [4.69, 9.17) is 0 Å². The lowest BCUT2D eigenvalue weighted by atomic mass is 9.46. The van der Waals surface area contributed by atoms with Crippen molar-refractivity contribution in [2.45, 2.75) is 520 Å². The van der Waals surface area contributed by atoms with E-state index in [9.17, 15) is 34.5 Å². The van der Waals surface area contributed by atoms with Gasteiger partial charge in [0.1, 0.15) is 0 Å². The van der Waals surface area contributed by atoms with Crippen LogP contribution < -0.4 is 0 Å². The molecule has 20 aliphatic rings. The number of hydrogen-bond acceptors (Lipinski definition) is 7. The molecule has 3 N–H and O–H groups in total. The van der Waals surface area contributed by atoms with Crippen LogP contribution in [0.25, 0.3) is 0 Å². The molecule has 41 atom stereocenters. The molecular formula is C143H230O7. The Bertz CT molecular complexity index is 4920. The average molecular weight is 2060 g/mol. The van der Waals surface area contributed by atoms with Crippen molar-refractivity contribution >= 4 is 23.1 Å². The lowest BCUT2D eigenvalue weighted by molar-refractivity contribution is -0.135. The maximum absolute atomic E-state index is 13.5. The first-order valence-corrected chi connectivity index (χ1v) is 65.3. The molecule has 844 valence electrons. The summed E-state index contributed by atoms with van der Waals surface area (Å²) in [4.78, 5) is 51.0. The van der Waals surface area contributed by atoms with Crippen LogP contribution in [0.1, 0.15) is 502 Å². The van der Waals surface area contributed by atoms with E-state index in [0.29, 0.717) is 121 Å². The van der Waals surface area contributed by atoms with Gasteiger partial charge in [-0.1, -0.05) is 288 Å². The molecule has 0 unspecified atom stereocenters. The number of carbonyl (C=O) groups excluding carboxylic acids is 4. The maximum atomic E-state index is 13.5. The zero-order valence-electron chi connectivity index (χ0n) is 102. The molecule has 0 heterocycles. The zero-order chi connectivity index (χ0) is 109. The molecule has 20 rings (SSSR count). The van der Waals surface area contributed by atoms with Crippen LogP contribution in [0.5, 0.6) is 0 Å². The molecule has 0 saturated heterocycles. The van der Waals surface area contributed by atoms with Crippen LogP contribution in [0.3, 0.4) is 0 Å². The number of carbonyl (C=O) groups is 4. The lowest BCUT2D eigenvalue weighted by Crippen LogP contribution is -2.53. The first-order chi connectivity index (χ1) is 70.9. The number of rotatable bonds is 26. The normalized spacial score (nSPS) is 43.9. The van der Waals surface area contributed by atoms with Gasteiger partial charge >= 0.3 is 0 Å². The highest BCUT2D eigenvalue weighted by atomic mass is 16.3. The Morgan fingerprint density at radius 1 is 0.340 bits per heavy atom. The van der Waals surface area contributed by atoms with Crippen molar-refractivity contribution in [2.24, 2.45) is 244 Å². The van der Waals surface area contributed by atoms with Crippen LogP contribution in [-0.4, -0.2) is 56.8 Å². The van der Waals surface area contributed by atoms with Crippen molar-refractivity contribution in [3.8, 4) is 0 Å². The predicted molar refractivity (Wildman–Crippen MR) is 630 cm³/mol. The van der Waals surface area contributed by atoms with E-state index in [1.54, 1.807) is 5.57 Å². The number of aliphatic hydroxyl groups excluding tert-OH is 3. The van der Waals surface area contributed by atoms with Crippen molar-refractivity contribution in [3.63, 3.8) is 0 Å². The molecule has 7 heteroatoms. The van der Waals surface area contributed by atoms with Crippen LogP contribution in [0, 0.1) is 244 Å². The topological polar surface area (TPSA) is 129 Å². The second-order valence-corrected chi connectivity index (χ2v) is 61.5. The fraction of sp³-hybridized carbons (Fsp3) is 0.846. The quantitative estimate of drug-likeness (QED) is 0.0736. The summed E-state index contributed by atoms with van der Waals surface area (Å²) in [6, 6.07) is 0. The Labute approximate surface area is 921 Å². The largest absolute Gasteiger partial charge is 0.393 e. The molecule has 15 fully saturated rings. The molecule has 0 spiro atoms. The number of aliphatic hydroxyl groups is 3. The van der Waals surface area contributed by atoms with Gasteiger partial charge in [0.25, 0.3) is 0 Å². The summed E-state index contributed by atoms with van der Waals surface area (Å²) in [6.45, 7) is 72.8. The van der Waals surface area contributed by atoms with Gasteiger partial charge in [0.2, 0.25) is 0 Å². The van der Waals surface area contributed by atoms with Gasteiger partial charge in [0, 0.05) is 24.7 Å². The van der Waals surface area contributed by atoms with Crippen LogP contribution in [0.2, 0.25) is 0 Å². The van der Waals surface area contributed by atoms with E-state index >= 15 is 0 Å². The summed E-state index contributed by atoms with van der Waals surface area (Å²) in [5, 5.41) is 30.6. The number of hydrogen-bond donors (Lipinski definition) is 3. The highest BCUT2D eigenvalue weighted by Crippen LogP contribution is 2.75. The summed E-state index contributed by atoms with van der Waals surface area (Å²) in [5.41, 5.74) is 13.6. The standard InChI is InChI=1S/C29H48O2.C29H46O2.C29H48O.C29H46O.C27H42O/c2*1-7-20(18(2)3)9-8-19(4)23-10-11-24-27-25(13-15-29(23,24)6)28(5)14-12-22(30)16-21(28)17-26(27)31;2*1-7-21(19(2)3)9-8-20(4)25-12-13-26-24-11-10-22-18-23(30)14-16-28(22,5)27(24)15-17-29(25,26)6;1-18(2)7-6-8-19(3)23-11-12-24-22-10-9-20-17-21(28)13-15-26(20,4)25(22)14-16-27(23,24)5/h17-20,22-25,27,30H,7-16H2,1-6H3;8-9,17-20,22-25,27,30H,7,10-16H2,1-6H3;18-21,24-27H,7-17H2,1-6H3;8-9,18-21,24-27H,7,10-17H2,1-6H3;7,9,21-25,28H,3,6,8,10-17H2,1-2,4-5H3/b;9-8+;;9-8+;/t2*19-,20-,22+,23-,24+,25+,27+,28+,29-;2*20-,21-,24+,25-,26+,27+,28+,29-;21-,22-,23+,24-,25-,26-,27+/m11110/s1. The molecule has 7 nitrogen and oxygen atoms in total. The SMILES string of the molecule is C=C(CCC=C(C)C)[C@H]1CC[C@H]2[C@@H]3CC=C4C[C@@H](O)CC[C@]4(C)[C@H]3CC[C@]12C.CC[C@H](/C=C/[C@@H](C)[C@H]1CC[C@H]2[C@@H]3C(=O)C=C4C[C@@H](O)CC[C@]4(C)[C@H]3CC[C@]12C)C(C)C.CC[C@H](/C=C/[C@@H](C)[C@H]1CC[C@H]2[C@@H]3CCC4=CC(=O)CC[C@]4(C)[C@H]3CC[C@]12C)C(C)C.CC[C@H](CC[C@@H](C)[C@H]1CC[C@H]2[C@@H]3C(=O)C=C4C[C@@H](O)CC[C@]4(C)[C@H]3CC[C@]12C)C(C)C.CC[C@H](CC[C@@H](C)[C@H]1CC[C@H]2[C@@H]3CCC4=CC(=O)CC[C@]4(C)[C@H]3CC[C@]12C)C(C)C. The summed E-state index contributed by atoms with van der Waals surface area (Å²) < 4.78 is 0. The second-order valence-electron chi connectivity index (χ2n) is 61.5. The third-order valence-electron chi connectivity index (χ3n) is 53.2.